The van der Waals surface area contributed by atoms with Gasteiger partial charge in [-0.25, -0.2) is 9.97 Å². The second kappa shape index (κ2) is 4.46. The quantitative estimate of drug-likeness (QED) is 0.750. The Balaban J connectivity index is 1.70. The molecule has 3 aromatic rings. The highest BCUT2D eigenvalue weighted by molar-refractivity contribution is 7.09. The van der Waals surface area contributed by atoms with Gasteiger partial charge >= 0.3 is 0 Å². The Labute approximate surface area is 101 Å². The lowest BCUT2D eigenvalue weighted by atomic mass is 10.4. The van der Waals surface area contributed by atoms with Crippen LogP contribution in [0, 0.1) is 0 Å². The van der Waals surface area contributed by atoms with Gasteiger partial charge in [0.2, 0.25) is 5.65 Å². The SMILES string of the molecule is c1csc(CCNc2nccn3cnnc23)n1. The Hall–Kier alpha value is -2.02. The van der Waals surface area contributed by atoms with E-state index in [1.165, 1.54) is 0 Å². The Morgan fingerprint density at radius 1 is 1.29 bits per heavy atom. The molecule has 86 valence electrons. The molecule has 0 spiro atoms. The second-order valence-electron chi connectivity index (χ2n) is 3.44. The minimum Gasteiger partial charge on any atom is -0.366 e. The van der Waals surface area contributed by atoms with Crippen molar-refractivity contribution >= 4 is 22.8 Å². The molecule has 0 fully saturated rings. The molecule has 0 aliphatic heterocycles. The van der Waals surface area contributed by atoms with E-state index in [0.717, 1.165) is 29.4 Å². The third kappa shape index (κ3) is 2.09. The number of hydrogen-bond donors (Lipinski definition) is 1. The van der Waals surface area contributed by atoms with Crippen LogP contribution in [-0.4, -0.2) is 31.1 Å². The summed E-state index contributed by atoms with van der Waals surface area (Å²) in [4.78, 5) is 8.47. The predicted octanol–water partition coefficient (Wildman–Crippen LogP) is 1.24. The molecule has 7 heteroatoms. The molecular formula is C10H10N6S. The minimum atomic E-state index is 0.742. The van der Waals surface area contributed by atoms with Crippen molar-refractivity contribution in [3.63, 3.8) is 0 Å². The van der Waals surface area contributed by atoms with Crippen LogP contribution in [0.3, 0.4) is 0 Å². The van der Waals surface area contributed by atoms with Gasteiger partial charge in [-0.3, -0.25) is 4.40 Å². The standard InChI is InChI=1S/C10H10N6S/c1(8-11-4-6-17-8)2-12-9-10-15-14-7-16(10)5-3-13-9/h3-7H,1-2H2,(H,12,13). The van der Waals surface area contributed by atoms with E-state index in [1.54, 1.807) is 23.9 Å². The smallest absolute Gasteiger partial charge is 0.203 e. The Morgan fingerprint density at radius 3 is 3.18 bits per heavy atom. The number of aromatic nitrogens is 5. The summed E-state index contributed by atoms with van der Waals surface area (Å²) >= 11 is 1.66. The molecule has 6 nitrogen and oxygen atoms in total. The molecule has 0 aliphatic rings. The van der Waals surface area contributed by atoms with Crippen molar-refractivity contribution in [2.75, 3.05) is 11.9 Å². The van der Waals surface area contributed by atoms with Crippen molar-refractivity contribution in [2.45, 2.75) is 6.42 Å². The summed E-state index contributed by atoms with van der Waals surface area (Å²) in [7, 11) is 0. The highest BCUT2D eigenvalue weighted by atomic mass is 32.1. The van der Waals surface area contributed by atoms with Crippen LogP contribution < -0.4 is 5.32 Å². The topological polar surface area (TPSA) is 68.0 Å². The van der Waals surface area contributed by atoms with Gasteiger partial charge in [-0.05, 0) is 0 Å². The second-order valence-corrected chi connectivity index (χ2v) is 4.42. The predicted molar refractivity (Wildman–Crippen MR) is 65.1 cm³/mol. The van der Waals surface area contributed by atoms with Gasteiger partial charge in [-0.15, -0.1) is 21.5 Å². The van der Waals surface area contributed by atoms with Gasteiger partial charge in [0.05, 0.1) is 5.01 Å². The van der Waals surface area contributed by atoms with Gasteiger partial charge in [0, 0.05) is 36.9 Å². The fraction of sp³-hybridized carbons (Fsp3) is 0.200. The number of nitrogens with zero attached hydrogens (tertiary/aromatic N) is 5. The molecule has 0 bridgehead atoms. The Kier molecular flexibility index (Phi) is 2.66. The average molecular weight is 246 g/mol. The number of nitrogens with one attached hydrogen (secondary N) is 1. The maximum Gasteiger partial charge on any atom is 0.203 e. The molecule has 17 heavy (non-hydrogen) atoms. The molecule has 3 heterocycles. The van der Waals surface area contributed by atoms with E-state index in [0.29, 0.717) is 0 Å². The van der Waals surface area contributed by atoms with E-state index < -0.39 is 0 Å². The van der Waals surface area contributed by atoms with Crippen molar-refractivity contribution in [3.05, 3.63) is 35.3 Å². The zero-order valence-corrected chi connectivity index (χ0v) is 9.76. The number of anilines is 1. The first-order chi connectivity index (χ1) is 8.43. The zero-order valence-electron chi connectivity index (χ0n) is 8.95. The molecule has 0 saturated carbocycles. The largest absolute Gasteiger partial charge is 0.366 e. The molecule has 3 aromatic heterocycles. The van der Waals surface area contributed by atoms with Crippen molar-refractivity contribution in [1.82, 2.24) is 24.6 Å². The Bertz CT molecular complexity index is 602. The molecule has 3 rings (SSSR count). The first-order valence-corrected chi connectivity index (χ1v) is 6.08. The number of fused-ring (bicyclic) bond motifs is 1. The van der Waals surface area contributed by atoms with Gasteiger partial charge in [-0.1, -0.05) is 0 Å². The number of hydrogen-bond acceptors (Lipinski definition) is 6. The first-order valence-electron chi connectivity index (χ1n) is 5.20. The average Bonchev–Trinajstić information content (AvgIpc) is 2.99. The summed E-state index contributed by atoms with van der Waals surface area (Å²) in [6.45, 7) is 0.785. The highest BCUT2D eigenvalue weighted by Gasteiger charge is 2.04. The molecular weight excluding hydrogens is 236 g/mol. The van der Waals surface area contributed by atoms with E-state index in [4.69, 9.17) is 0 Å². The molecule has 0 aliphatic carbocycles. The summed E-state index contributed by atoms with van der Waals surface area (Å²) in [5.41, 5.74) is 0.742. The normalized spacial score (nSPS) is 10.8. The lowest BCUT2D eigenvalue weighted by Crippen LogP contribution is -2.07. The summed E-state index contributed by atoms with van der Waals surface area (Å²) in [5.74, 6) is 0.751. The van der Waals surface area contributed by atoms with E-state index >= 15 is 0 Å². The van der Waals surface area contributed by atoms with E-state index in [-0.39, 0.29) is 0 Å². The van der Waals surface area contributed by atoms with Crippen LogP contribution in [-0.2, 0) is 6.42 Å². The van der Waals surface area contributed by atoms with Crippen molar-refractivity contribution < 1.29 is 0 Å². The van der Waals surface area contributed by atoms with E-state index in [1.807, 2.05) is 22.2 Å². The van der Waals surface area contributed by atoms with Crippen LogP contribution in [0.2, 0.25) is 0 Å². The molecule has 0 unspecified atom stereocenters. The number of rotatable bonds is 4. The minimum absolute atomic E-state index is 0.742. The summed E-state index contributed by atoms with van der Waals surface area (Å²) in [5, 5.41) is 14.2. The molecule has 0 atom stereocenters. The van der Waals surface area contributed by atoms with Crippen molar-refractivity contribution in [1.29, 1.82) is 0 Å². The number of thiazole rings is 1. The van der Waals surface area contributed by atoms with Crippen molar-refractivity contribution in [3.8, 4) is 0 Å². The summed E-state index contributed by atoms with van der Waals surface area (Å²) in [6.07, 6.45) is 7.90. The van der Waals surface area contributed by atoms with Crippen molar-refractivity contribution in [2.24, 2.45) is 0 Å². The van der Waals surface area contributed by atoms with Crippen LogP contribution in [0.15, 0.2) is 30.3 Å². The van der Waals surface area contributed by atoms with Gasteiger partial charge in [0.15, 0.2) is 5.82 Å². The molecule has 1 N–H and O–H groups in total. The van der Waals surface area contributed by atoms with E-state index in [2.05, 4.69) is 25.5 Å². The van der Waals surface area contributed by atoms with E-state index in [9.17, 15) is 0 Å². The van der Waals surface area contributed by atoms with Gasteiger partial charge < -0.3 is 5.32 Å². The monoisotopic (exact) mass is 246 g/mol. The van der Waals surface area contributed by atoms with Gasteiger partial charge in [0.25, 0.3) is 0 Å². The van der Waals surface area contributed by atoms with Crippen LogP contribution in [0.1, 0.15) is 5.01 Å². The molecule has 0 radical (unpaired) electrons. The maximum atomic E-state index is 4.25. The van der Waals surface area contributed by atoms with Gasteiger partial charge in [0.1, 0.15) is 6.33 Å². The van der Waals surface area contributed by atoms with Crippen LogP contribution in [0.5, 0.6) is 0 Å². The molecule has 0 saturated heterocycles. The van der Waals surface area contributed by atoms with Crippen LogP contribution in [0.25, 0.3) is 5.65 Å². The molecule has 0 aromatic carbocycles. The fourth-order valence-corrected chi connectivity index (χ4v) is 2.17. The lowest BCUT2D eigenvalue weighted by Gasteiger charge is -2.04. The third-order valence-corrected chi connectivity index (χ3v) is 3.17. The summed E-state index contributed by atoms with van der Waals surface area (Å²) in [6, 6.07) is 0. The van der Waals surface area contributed by atoms with Crippen LogP contribution >= 0.6 is 11.3 Å². The zero-order chi connectivity index (χ0) is 11.5. The third-order valence-electron chi connectivity index (χ3n) is 2.33. The fourth-order valence-electron chi connectivity index (χ4n) is 1.55. The Morgan fingerprint density at radius 2 is 2.29 bits per heavy atom. The van der Waals surface area contributed by atoms with Crippen LogP contribution in [0.4, 0.5) is 5.82 Å². The van der Waals surface area contributed by atoms with Gasteiger partial charge in [-0.2, -0.15) is 0 Å². The maximum absolute atomic E-state index is 4.25. The molecule has 0 amide bonds. The first kappa shape index (κ1) is 10.2. The lowest BCUT2D eigenvalue weighted by molar-refractivity contribution is 0.981. The highest BCUT2D eigenvalue weighted by Crippen LogP contribution is 2.10. The summed E-state index contributed by atoms with van der Waals surface area (Å²) < 4.78 is 1.83.